The molecule has 3 rings (SSSR count). The summed E-state index contributed by atoms with van der Waals surface area (Å²) in [6.45, 7) is 1.13. The first-order valence-electron chi connectivity index (χ1n) is 7.08. The van der Waals surface area contributed by atoms with Gasteiger partial charge in [0.2, 0.25) is 0 Å². The zero-order valence-corrected chi connectivity index (χ0v) is 12.5. The van der Waals surface area contributed by atoms with Gasteiger partial charge in [0.25, 0.3) is 5.56 Å². The van der Waals surface area contributed by atoms with Crippen LogP contribution in [0.15, 0.2) is 41.2 Å². The number of rotatable bonds is 4. The number of aromatic nitrogens is 1. The first kappa shape index (κ1) is 14.3. The van der Waals surface area contributed by atoms with Gasteiger partial charge in [0.1, 0.15) is 0 Å². The van der Waals surface area contributed by atoms with Gasteiger partial charge >= 0.3 is 0 Å². The van der Waals surface area contributed by atoms with Gasteiger partial charge < -0.3 is 9.88 Å². The number of sulfone groups is 1. The molecule has 2 aromatic rings. The van der Waals surface area contributed by atoms with Gasteiger partial charge in [-0.2, -0.15) is 0 Å². The second-order valence-electron chi connectivity index (χ2n) is 5.44. The lowest BCUT2D eigenvalue weighted by Crippen LogP contribution is -2.34. The summed E-state index contributed by atoms with van der Waals surface area (Å²) in [5.74, 6) is 0.469. The minimum Gasteiger partial charge on any atom is -0.311 e. The van der Waals surface area contributed by atoms with Crippen molar-refractivity contribution in [1.29, 1.82) is 0 Å². The van der Waals surface area contributed by atoms with E-state index in [1.54, 1.807) is 10.6 Å². The molecule has 0 aliphatic carbocycles. The van der Waals surface area contributed by atoms with Crippen LogP contribution >= 0.6 is 0 Å². The third kappa shape index (κ3) is 3.16. The predicted molar refractivity (Wildman–Crippen MR) is 83.3 cm³/mol. The number of hydrogen-bond acceptors (Lipinski definition) is 4. The van der Waals surface area contributed by atoms with Crippen LogP contribution in [0.2, 0.25) is 0 Å². The smallest absolute Gasteiger partial charge is 0.251 e. The van der Waals surface area contributed by atoms with Crippen molar-refractivity contribution >= 4 is 20.7 Å². The van der Waals surface area contributed by atoms with Crippen LogP contribution in [0.1, 0.15) is 6.42 Å². The van der Waals surface area contributed by atoms with Crippen molar-refractivity contribution in [1.82, 2.24) is 9.88 Å². The Morgan fingerprint density at radius 2 is 2.00 bits per heavy atom. The zero-order chi connectivity index (χ0) is 14.9. The summed E-state index contributed by atoms with van der Waals surface area (Å²) in [6, 6.07) is 11.2. The van der Waals surface area contributed by atoms with Crippen LogP contribution in [-0.4, -0.2) is 37.1 Å². The van der Waals surface area contributed by atoms with Crippen LogP contribution in [0.25, 0.3) is 10.9 Å². The van der Waals surface area contributed by atoms with E-state index in [1.165, 1.54) is 0 Å². The van der Waals surface area contributed by atoms with Crippen molar-refractivity contribution < 1.29 is 8.42 Å². The number of nitrogens with zero attached hydrogens (tertiary/aromatic N) is 1. The predicted octanol–water partition coefficient (Wildman–Crippen LogP) is 0.778. The number of benzene rings is 1. The van der Waals surface area contributed by atoms with Gasteiger partial charge in [0.05, 0.1) is 17.0 Å². The Bertz CT molecular complexity index is 811. The SMILES string of the molecule is O=c1ccc2ccccc2n1CCNC1CCS(=O)(=O)C1. The highest BCUT2D eigenvalue weighted by Gasteiger charge is 2.27. The van der Waals surface area contributed by atoms with E-state index in [2.05, 4.69) is 5.32 Å². The monoisotopic (exact) mass is 306 g/mol. The second-order valence-corrected chi connectivity index (χ2v) is 7.66. The normalized spacial score (nSPS) is 20.9. The fourth-order valence-corrected chi connectivity index (χ4v) is 4.52. The van der Waals surface area contributed by atoms with E-state index in [-0.39, 0.29) is 23.1 Å². The molecular weight excluding hydrogens is 288 g/mol. The molecule has 112 valence electrons. The van der Waals surface area contributed by atoms with Crippen LogP contribution in [0.4, 0.5) is 0 Å². The average Bonchev–Trinajstić information content (AvgIpc) is 2.81. The van der Waals surface area contributed by atoms with Crippen molar-refractivity contribution in [3.05, 3.63) is 46.8 Å². The second kappa shape index (κ2) is 5.61. The number of para-hydroxylation sites is 1. The third-order valence-electron chi connectivity index (χ3n) is 3.90. The summed E-state index contributed by atoms with van der Waals surface area (Å²) in [4.78, 5) is 12.0. The van der Waals surface area contributed by atoms with Gasteiger partial charge in [0, 0.05) is 25.2 Å². The molecular formula is C15H18N2O3S. The Balaban J connectivity index is 1.71. The molecule has 2 heterocycles. The van der Waals surface area contributed by atoms with Crippen molar-refractivity contribution in [2.75, 3.05) is 18.1 Å². The first-order chi connectivity index (χ1) is 10.1. The van der Waals surface area contributed by atoms with Crippen molar-refractivity contribution in [3.63, 3.8) is 0 Å². The molecule has 0 radical (unpaired) electrons. The molecule has 21 heavy (non-hydrogen) atoms. The molecule has 1 fully saturated rings. The molecule has 1 N–H and O–H groups in total. The molecule has 1 aliphatic heterocycles. The van der Waals surface area contributed by atoms with Gasteiger partial charge in [-0.1, -0.05) is 18.2 Å². The fourth-order valence-electron chi connectivity index (χ4n) is 2.81. The van der Waals surface area contributed by atoms with Gasteiger partial charge in [-0.3, -0.25) is 4.79 Å². The summed E-state index contributed by atoms with van der Waals surface area (Å²) >= 11 is 0. The van der Waals surface area contributed by atoms with Crippen LogP contribution < -0.4 is 10.9 Å². The van der Waals surface area contributed by atoms with E-state index >= 15 is 0 Å². The first-order valence-corrected chi connectivity index (χ1v) is 8.90. The van der Waals surface area contributed by atoms with E-state index in [0.29, 0.717) is 19.5 Å². The standard InChI is InChI=1S/C15H18N2O3S/c18-15-6-5-12-3-1-2-4-14(12)17(15)9-8-16-13-7-10-21(19,20)11-13/h1-6,13,16H,7-11H2. The van der Waals surface area contributed by atoms with E-state index in [0.717, 1.165) is 10.9 Å². The quantitative estimate of drug-likeness (QED) is 0.906. The maximum atomic E-state index is 12.0. The topological polar surface area (TPSA) is 68.2 Å². The molecule has 0 saturated carbocycles. The molecule has 0 spiro atoms. The highest BCUT2D eigenvalue weighted by Crippen LogP contribution is 2.12. The number of pyridine rings is 1. The minimum atomic E-state index is -2.86. The van der Waals surface area contributed by atoms with Gasteiger partial charge in [-0.15, -0.1) is 0 Å². The van der Waals surface area contributed by atoms with Crippen LogP contribution in [0, 0.1) is 0 Å². The molecule has 0 bridgehead atoms. The molecule has 1 aromatic heterocycles. The third-order valence-corrected chi connectivity index (χ3v) is 5.67. The molecule has 1 atom stereocenters. The average molecular weight is 306 g/mol. The highest BCUT2D eigenvalue weighted by molar-refractivity contribution is 7.91. The number of nitrogens with one attached hydrogen (secondary N) is 1. The molecule has 1 aliphatic rings. The maximum absolute atomic E-state index is 12.0. The molecule has 1 saturated heterocycles. The van der Waals surface area contributed by atoms with Crippen molar-refractivity contribution in [2.45, 2.75) is 19.0 Å². The van der Waals surface area contributed by atoms with Crippen molar-refractivity contribution in [2.24, 2.45) is 0 Å². The number of hydrogen-bond donors (Lipinski definition) is 1. The Morgan fingerprint density at radius 3 is 2.76 bits per heavy atom. The summed E-state index contributed by atoms with van der Waals surface area (Å²) in [5, 5.41) is 4.27. The summed E-state index contributed by atoms with van der Waals surface area (Å²) in [5.41, 5.74) is 0.875. The van der Waals surface area contributed by atoms with Crippen LogP contribution in [0.5, 0.6) is 0 Å². The van der Waals surface area contributed by atoms with Gasteiger partial charge in [-0.25, -0.2) is 8.42 Å². The van der Waals surface area contributed by atoms with E-state index in [9.17, 15) is 13.2 Å². The van der Waals surface area contributed by atoms with Gasteiger partial charge in [-0.05, 0) is 23.9 Å². The maximum Gasteiger partial charge on any atom is 0.251 e. The molecule has 5 nitrogen and oxygen atoms in total. The summed E-state index contributed by atoms with van der Waals surface area (Å²) < 4.78 is 24.5. The lowest BCUT2D eigenvalue weighted by molar-refractivity contribution is 0.520. The molecule has 6 heteroatoms. The van der Waals surface area contributed by atoms with E-state index < -0.39 is 9.84 Å². The van der Waals surface area contributed by atoms with E-state index in [4.69, 9.17) is 0 Å². The lowest BCUT2D eigenvalue weighted by Gasteiger charge is -2.13. The van der Waals surface area contributed by atoms with Gasteiger partial charge in [0.15, 0.2) is 9.84 Å². The summed E-state index contributed by atoms with van der Waals surface area (Å²) in [6.07, 6.45) is 0.659. The molecule has 1 unspecified atom stereocenters. The Labute approximate surface area is 123 Å². The lowest BCUT2D eigenvalue weighted by atomic mass is 10.2. The minimum absolute atomic E-state index is 0.0145. The van der Waals surface area contributed by atoms with Crippen molar-refractivity contribution in [3.8, 4) is 0 Å². The van der Waals surface area contributed by atoms with Crippen LogP contribution in [0.3, 0.4) is 0 Å². The fraction of sp³-hybridized carbons (Fsp3) is 0.400. The highest BCUT2D eigenvalue weighted by atomic mass is 32.2. The van der Waals surface area contributed by atoms with E-state index in [1.807, 2.05) is 30.3 Å². The Kier molecular flexibility index (Phi) is 3.82. The zero-order valence-electron chi connectivity index (χ0n) is 11.7. The Hall–Kier alpha value is -1.66. The molecule has 0 amide bonds. The largest absolute Gasteiger partial charge is 0.311 e. The number of fused-ring (bicyclic) bond motifs is 1. The Morgan fingerprint density at radius 1 is 1.19 bits per heavy atom. The molecule has 1 aromatic carbocycles. The summed E-state index contributed by atoms with van der Waals surface area (Å²) in [7, 11) is -2.86. The van der Waals surface area contributed by atoms with Crippen LogP contribution in [-0.2, 0) is 16.4 Å².